The Balaban J connectivity index is 2.48. The molecule has 0 amide bonds. The average molecular weight is 359 g/mol. The highest BCUT2D eigenvalue weighted by molar-refractivity contribution is 7.90. The third kappa shape index (κ3) is 5.16. The average Bonchev–Trinajstić information content (AvgIpc) is 2.53. The number of benzene rings is 2. The van der Waals surface area contributed by atoms with E-state index >= 15 is 0 Å². The van der Waals surface area contributed by atoms with Gasteiger partial charge in [0.25, 0.3) is 0 Å². The van der Waals surface area contributed by atoms with Gasteiger partial charge in [0, 0.05) is 19.8 Å². The maximum atomic E-state index is 12.3. The highest BCUT2D eigenvalue weighted by Gasteiger charge is 2.16. The molecule has 0 aliphatic rings. The minimum absolute atomic E-state index is 0.279. The molecular weight excluding hydrogens is 332 g/mol. The van der Waals surface area contributed by atoms with Crippen molar-refractivity contribution in [2.45, 2.75) is 32.1 Å². The van der Waals surface area contributed by atoms with Crippen LogP contribution < -0.4 is 0 Å². The molecule has 0 N–H and O–H groups in total. The van der Waals surface area contributed by atoms with Crippen LogP contribution >= 0.6 is 0 Å². The second-order valence-electron chi connectivity index (χ2n) is 6.50. The molecule has 0 radical (unpaired) electrons. The standard InChI is InChI=1S/C20H26N2O2S/c1-6-22(4)14-21-19-11-16(3)18(13-20(19)25(5,23)24)12-17-9-7-8-15(2)10-17/h7-11,13-14H,6,12H2,1-5H3. The summed E-state index contributed by atoms with van der Waals surface area (Å²) in [5.74, 6) is 0. The summed E-state index contributed by atoms with van der Waals surface area (Å²) in [6, 6.07) is 11.9. The van der Waals surface area contributed by atoms with E-state index in [4.69, 9.17) is 0 Å². The Bertz CT molecular complexity index is 887. The van der Waals surface area contributed by atoms with Crippen LogP contribution in [0.2, 0.25) is 0 Å². The van der Waals surface area contributed by atoms with E-state index in [0.29, 0.717) is 12.1 Å². The number of hydrogen-bond donors (Lipinski definition) is 0. The summed E-state index contributed by atoms with van der Waals surface area (Å²) in [5.41, 5.74) is 4.91. The van der Waals surface area contributed by atoms with Crippen molar-refractivity contribution in [1.29, 1.82) is 0 Å². The smallest absolute Gasteiger partial charge is 0.177 e. The Morgan fingerprint density at radius 1 is 1.16 bits per heavy atom. The molecule has 0 saturated heterocycles. The maximum Gasteiger partial charge on any atom is 0.177 e. The first-order chi connectivity index (χ1) is 11.7. The van der Waals surface area contributed by atoms with Crippen LogP contribution in [0.4, 0.5) is 5.69 Å². The molecule has 2 aromatic rings. The summed E-state index contributed by atoms with van der Waals surface area (Å²) >= 11 is 0. The second kappa shape index (κ2) is 7.83. The van der Waals surface area contributed by atoms with Gasteiger partial charge in [-0.3, -0.25) is 0 Å². The predicted molar refractivity (Wildman–Crippen MR) is 105 cm³/mol. The first-order valence-electron chi connectivity index (χ1n) is 8.34. The van der Waals surface area contributed by atoms with Gasteiger partial charge in [-0.2, -0.15) is 0 Å². The quantitative estimate of drug-likeness (QED) is 0.581. The number of rotatable bonds is 6. The molecule has 134 valence electrons. The molecule has 0 bridgehead atoms. The second-order valence-corrected chi connectivity index (χ2v) is 8.49. The fraction of sp³-hybridized carbons (Fsp3) is 0.350. The van der Waals surface area contributed by atoms with Gasteiger partial charge >= 0.3 is 0 Å². The van der Waals surface area contributed by atoms with Gasteiger partial charge in [0.05, 0.1) is 16.9 Å². The van der Waals surface area contributed by atoms with Crippen molar-refractivity contribution in [3.8, 4) is 0 Å². The third-order valence-electron chi connectivity index (χ3n) is 4.19. The largest absolute Gasteiger partial charge is 0.366 e. The normalized spacial score (nSPS) is 11.9. The number of hydrogen-bond acceptors (Lipinski definition) is 3. The van der Waals surface area contributed by atoms with Crippen LogP contribution in [0.25, 0.3) is 0 Å². The molecule has 0 fully saturated rings. The molecule has 4 nitrogen and oxygen atoms in total. The van der Waals surface area contributed by atoms with Gasteiger partial charge in [0.15, 0.2) is 9.84 Å². The van der Waals surface area contributed by atoms with Crippen molar-refractivity contribution >= 4 is 21.9 Å². The summed E-state index contributed by atoms with van der Waals surface area (Å²) in [5, 5.41) is 0. The zero-order valence-corrected chi connectivity index (χ0v) is 16.4. The van der Waals surface area contributed by atoms with Crippen molar-refractivity contribution in [1.82, 2.24) is 4.90 Å². The minimum Gasteiger partial charge on any atom is -0.366 e. The van der Waals surface area contributed by atoms with E-state index in [1.807, 2.05) is 37.9 Å². The lowest BCUT2D eigenvalue weighted by molar-refractivity contribution is 0.552. The van der Waals surface area contributed by atoms with Gasteiger partial charge in [-0.15, -0.1) is 0 Å². The predicted octanol–water partition coefficient (Wildman–Crippen LogP) is 3.91. The Labute approximate surface area is 151 Å². The molecule has 0 spiro atoms. The molecule has 0 aliphatic carbocycles. The van der Waals surface area contributed by atoms with Crippen LogP contribution in [-0.4, -0.2) is 39.5 Å². The van der Waals surface area contributed by atoms with E-state index in [1.165, 1.54) is 17.4 Å². The van der Waals surface area contributed by atoms with Gasteiger partial charge in [0.2, 0.25) is 0 Å². The van der Waals surface area contributed by atoms with Gasteiger partial charge in [-0.05, 0) is 56.0 Å². The molecule has 2 rings (SSSR count). The van der Waals surface area contributed by atoms with E-state index in [-0.39, 0.29) is 4.90 Å². The van der Waals surface area contributed by atoms with E-state index in [1.54, 1.807) is 12.4 Å². The topological polar surface area (TPSA) is 49.7 Å². The molecular formula is C20H26N2O2S. The molecule has 2 aromatic carbocycles. The van der Waals surface area contributed by atoms with Gasteiger partial charge < -0.3 is 4.90 Å². The maximum absolute atomic E-state index is 12.3. The van der Waals surface area contributed by atoms with Gasteiger partial charge in [-0.1, -0.05) is 29.8 Å². The van der Waals surface area contributed by atoms with Crippen molar-refractivity contribution in [2.75, 3.05) is 19.8 Å². The summed E-state index contributed by atoms with van der Waals surface area (Å²) in [6.07, 6.45) is 3.61. The van der Waals surface area contributed by atoms with Crippen LogP contribution in [0.5, 0.6) is 0 Å². The lowest BCUT2D eigenvalue weighted by Crippen LogP contribution is -2.14. The monoisotopic (exact) mass is 358 g/mol. The number of aryl methyl sites for hydroxylation is 2. The van der Waals surface area contributed by atoms with E-state index in [0.717, 1.165) is 17.7 Å². The van der Waals surface area contributed by atoms with Crippen LogP contribution in [0.1, 0.15) is 29.2 Å². The minimum atomic E-state index is -3.36. The third-order valence-corrected chi connectivity index (χ3v) is 5.31. The van der Waals surface area contributed by atoms with Crippen LogP contribution in [-0.2, 0) is 16.3 Å². The molecule has 0 unspecified atom stereocenters. The van der Waals surface area contributed by atoms with Gasteiger partial charge in [-0.25, -0.2) is 13.4 Å². The van der Waals surface area contributed by atoms with Crippen molar-refractivity contribution < 1.29 is 8.42 Å². The highest BCUT2D eigenvalue weighted by atomic mass is 32.2. The molecule has 5 heteroatoms. The number of sulfone groups is 1. The summed E-state index contributed by atoms with van der Waals surface area (Å²) in [7, 11) is -1.45. The SMILES string of the molecule is CCN(C)C=Nc1cc(C)c(Cc2cccc(C)c2)cc1S(C)(=O)=O. The lowest BCUT2D eigenvalue weighted by atomic mass is 9.99. The Kier molecular flexibility index (Phi) is 6.01. The van der Waals surface area contributed by atoms with Crippen molar-refractivity contribution in [3.05, 3.63) is 58.7 Å². The van der Waals surface area contributed by atoms with E-state index in [2.05, 4.69) is 30.1 Å². The fourth-order valence-electron chi connectivity index (χ4n) is 2.59. The van der Waals surface area contributed by atoms with Crippen molar-refractivity contribution in [2.24, 2.45) is 4.99 Å². The number of aliphatic imine (C=N–C) groups is 1. The lowest BCUT2D eigenvalue weighted by Gasteiger charge is -2.13. The molecule has 0 heterocycles. The summed E-state index contributed by atoms with van der Waals surface area (Å²) in [6.45, 7) is 6.88. The van der Waals surface area contributed by atoms with Crippen LogP contribution in [0, 0.1) is 13.8 Å². The zero-order chi connectivity index (χ0) is 18.6. The van der Waals surface area contributed by atoms with Crippen LogP contribution in [0.3, 0.4) is 0 Å². The molecule has 25 heavy (non-hydrogen) atoms. The first-order valence-corrected chi connectivity index (χ1v) is 10.2. The highest BCUT2D eigenvalue weighted by Crippen LogP contribution is 2.29. The summed E-state index contributed by atoms with van der Waals surface area (Å²) in [4.78, 5) is 6.57. The molecule has 0 aliphatic heterocycles. The van der Waals surface area contributed by atoms with Crippen molar-refractivity contribution in [3.63, 3.8) is 0 Å². The molecule has 0 saturated carbocycles. The molecule has 0 aromatic heterocycles. The Morgan fingerprint density at radius 3 is 2.48 bits per heavy atom. The molecule has 0 atom stereocenters. The van der Waals surface area contributed by atoms with E-state index < -0.39 is 9.84 Å². The Morgan fingerprint density at radius 2 is 1.88 bits per heavy atom. The van der Waals surface area contributed by atoms with Gasteiger partial charge in [0.1, 0.15) is 0 Å². The first kappa shape index (κ1) is 19.2. The van der Waals surface area contributed by atoms with Crippen LogP contribution in [0.15, 0.2) is 46.3 Å². The van der Waals surface area contributed by atoms with E-state index in [9.17, 15) is 8.42 Å². The number of nitrogens with zero attached hydrogens (tertiary/aromatic N) is 2. The Hall–Kier alpha value is -2.14. The fourth-order valence-corrected chi connectivity index (χ4v) is 3.44. The zero-order valence-electron chi connectivity index (χ0n) is 15.6. The summed E-state index contributed by atoms with van der Waals surface area (Å²) < 4.78 is 24.5.